The van der Waals surface area contributed by atoms with E-state index in [9.17, 15) is 0 Å². The molecule has 0 saturated heterocycles. The molecule has 4 nitrogen and oxygen atoms in total. The van der Waals surface area contributed by atoms with E-state index in [1.54, 1.807) is 0 Å². The summed E-state index contributed by atoms with van der Waals surface area (Å²) in [5.74, 6) is 2.01. The van der Waals surface area contributed by atoms with Gasteiger partial charge in [-0.05, 0) is 36.8 Å². The third kappa shape index (κ3) is 3.34. The fourth-order valence-electron chi connectivity index (χ4n) is 2.18. The molecular formula is C18H18N2O2. The minimum absolute atomic E-state index is 0.544. The molecule has 22 heavy (non-hydrogen) atoms. The Morgan fingerprint density at radius 2 is 1.86 bits per heavy atom. The molecule has 1 heterocycles. The largest absolute Gasteiger partial charge is 0.489 e. The van der Waals surface area contributed by atoms with Gasteiger partial charge in [0.1, 0.15) is 12.4 Å². The molecule has 3 rings (SSSR count). The summed E-state index contributed by atoms with van der Waals surface area (Å²) in [6.45, 7) is 4.62. The molecule has 0 spiro atoms. The second kappa shape index (κ2) is 6.43. The van der Waals surface area contributed by atoms with Crippen LogP contribution in [0.3, 0.4) is 0 Å². The van der Waals surface area contributed by atoms with Crippen LogP contribution in [0.5, 0.6) is 5.75 Å². The van der Waals surface area contributed by atoms with Gasteiger partial charge in [-0.15, -0.1) is 10.2 Å². The molecule has 0 fully saturated rings. The van der Waals surface area contributed by atoms with Crippen molar-refractivity contribution in [3.63, 3.8) is 0 Å². The van der Waals surface area contributed by atoms with Crippen molar-refractivity contribution in [1.82, 2.24) is 10.2 Å². The molecule has 0 saturated carbocycles. The molecule has 4 heteroatoms. The van der Waals surface area contributed by atoms with Crippen molar-refractivity contribution >= 4 is 0 Å². The molecule has 0 unspecified atom stereocenters. The van der Waals surface area contributed by atoms with E-state index in [0.717, 1.165) is 23.3 Å². The van der Waals surface area contributed by atoms with Crippen LogP contribution >= 0.6 is 0 Å². The summed E-state index contributed by atoms with van der Waals surface area (Å²) in [5, 5.41) is 8.00. The lowest BCUT2D eigenvalue weighted by atomic mass is 10.1. The van der Waals surface area contributed by atoms with Gasteiger partial charge in [0.15, 0.2) is 0 Å². The van der Waals surface area contributed by atoms with Crippen molar-refractivity contribution in [3.8, 4) is 17.2 Å². The predicted octanol–water partition coefficient (Wildman–Crippen LogP) is 4.19. The van der Waals surface area contributed by atoms with Crippen molar-refractivity contribution < 1.29 is 9.15 Å². The van der Waals surface area contributed by atoms with E-state index >= 15 is 0 Å². The van der Waals surface area contributed by atoms with E-state index in [1.165, 1.54) is 5.56 Å². The highest BCUT2D eigenvalue weighted by Crippen LogP contribution is 2.22. The molecule has 0 atom stereocenters. The number of rotatable bonds is 5. The van der Waals surface area contributed by atoms with Crippen LogP contribution in [0.1, 0.15) is 23.9 Å². The molecule has 3 aromatic rings. The van der Waals surface area contributed by atoms with Crippen LogP contribution in [0.15, 0.2) is 52.9 Å². The van der Waals surface area contributed by atoms with E-state index in [1.807, 2.05) is 37.3 Å². The molecule has 0 aliphatic rings. The summed E-state index contributed by atoms with van der Waals surface area (Å²) in [4.78, 5) is 0. The number of hydrogen-bond acceptors (Lipinski definition) is 4. The summed E-state index contributed by atoms with van der Waals surface area (Å²) in [6, 6.07) is 16.0. The first-order valence-electron chi connectivity index (χ1n) is 7.36. The van der Waals surface area contributed by atoms with Crippen LogP contribution in [0.25, 0.3) is 11.5 Å². The SMILES string of the molecule is CCc1nnc(-c2ccc(OCc3cccc(C)c3)cc2)o1. The quantitative estimate of drug-likeness (QED) is 0.708. The standard InChI is InChI=1S/C18H18N2O2/c1-3-17-19-20-18(22-17)15-7-9-16(10-8-15)21-12-14-6-4-5-13(2)11-14/h4-11H,3,12H2,1-2H3. The highest BCUT2D eigenvalue weighted by molar-refractivity contribution is 5.53. The van der Waals surface area contributed by atoms with Gasteiger partial charge < -0.3 is 9.15 Å². The summed E-state index contributed by atoms with van der Waals surface area (Å²) in [5.41, 5.74) is 3.29. The van der Waals surface area contributed by atoms with Crippen LogP contribution in [0.4, 0.5) is 0 Å². The Hall–Kier alpha value is -2.62. The molecule has 0 radical (unpaired) electrons. The van der Waals surface area contributed by atoms with Crippen LogP contribution in [0.2, 0.25) is 0 Å². The second-order valence-corrected chi connectivity index (χ2v) is 5.16. The monoisotopic (exact) mass is 294 g/mol. The third-order valence-corrected chi connectivity index (χ3v) is 3.36. The molecular weight excluding hydrogens is 276 g/mol. The minimum Gasteiger partial charge on any atom is -0.489 e. The molecule has 1 aromatic heterocycles. The molecule has 0 N–H and O–H groups in total. The Morgan fingerprint density at radius 1 is 1.05 bits per heavy atom. The van der Waals surface area contributed by atoms with Gasteiger partial charge in [0.05, 0.1) is 0 Å². The molecule has 0 aliphatic carbocycles. The number of hydrogen-bond donors (Lipinski definition) is 0. The minimum atomic E-state index is 0.544. The Balaban J connectivity index is 1.66. The van der Waals surface area contributed by atoms with Crippen molar-refractivity contribution in [2.75, 3.05) is 0 Å². The van der Waals surface area contributed by atoms with Gasteiger partial charge in [0, 0.05) is 12.0 Å². The lowest BCUT2D eigenvalue weighted by Crippen LogP contribution is -1.95. The molecule has 0 aliphatic heterocycles. The van der Waals surface area contributed by atoms with E-state index < -0.39 is 0 Å². The van der Waals surface area contributed by atoms with E-state index in [0.29, 0.717) is 18.4 Å². The maximum Gasteiger partial charge on any atom is 0.247 e. The van der Waals surface area contributed by atoms with Gasteiger partial charge in [-0.3, -0.25) is 0 Å². The highest BCUT2D eigenvalue weighted by Gasteiger charge is 2.07. The lowest BCUT2D eigenvalue weighted by molar-refractivity contribution is 0.306. The van der Waals surface area contributed by atoms with Crippen molar-refractivity contribution in [2.24, 2.45) is 0 Å². The van der Waals surface area contributed by atoms with Crippen LogP contribution in [-0.4, -0.2) is 10.2 Å². The van der Waals surface area contributed by atoms with Crippen molar-refractivity contribution in [3.05, 3.63) is 65.5 Å². The number of nitrogens with zero attached hydrogens (tertiary/aromatic N) is 2. The Kier molecular flexibility index (Phi) is 4.19. The third-order valence-electron chi connectivity index (χ3n) is 3.36. The predicted molar refractivity (Wildman–Crippen MR) is 84.6 cm³/mol. The van der Waals surface area contributed by atoms with Gasteiger partial charge >= 0.3 is 0 Å². The first-order chi connectivity index (χ1) is 10.7. The fourth-order valence-corrected chi connectivity index (χ4v) is 2.18. The Bertz CT molecular complexity index is 748. The van der Waals surface area contributed by atoms with Crippen LogP contribution < -0.4 is 4.74 Å². The van der Waals surface area contributed by atoms with Gasteiger partial charge in [-0.1, -0.05) is 36.8 Å². The molecule has 0 bridgehead atoms. The van der Waals surface area contributed by atoms with E-state index in [-0.39, 0.29) is 0 Å². The zero-order valence-corrected chi connectivity index (χ0v) is 12.7. The first kappa shape index (κ1) is 14.3. The lowest BCUT2D eigenvalue weighted by Gasteiger charge is -2.07. The molecule has 112 valence electrons. The number of aromatic nitrogens is 2. The Morgan fingerprint density at radius 3 is 2.55 bits per heavy atom. The Labute approximate surface area is 129 Å². The van der Waals surface area contributed by atoms with Crippen molar-refractivity contribution in [1.29, 1.82) is 0 Å². The van der Waals surface area contributed by atoms with Gasteiger partial charge in [0.2, 0.25) is 11.8 Å². The first-order valence-corrected chi connectivity index (χ1v) is 7.36. The highest BCUT2D eigenvalue weighted by atomic mass is 16.5. The number of benzene rings is 2. The van der Waals surface area contributed by atoms with Gasteiger partial charge in [0.25, 0.3) is 0 Å². The van der Waals surface area contributed by atoms with Crippen molar-refractivity contribution in [2.45, 2.75) is 26.9 Å². The summed E-state index contributed by atoms with van der Waals surface area (Å²) in [6.07, 6.45) is 0.741. The summed E-state index contributed by atoms with van der Waals surface area (Å²) >= 11 is 0. The van der Waals surface area contributed by atoms with E-state index in [2.05, 4.69) is 35.3 Å². The van der Waals surface area contributed by atoms with Gasteiger partial charge in [-0.2, -0.15) is 0 Å². The summed E-state index contributed by atoms with van der Waals surface area (Å²) in [7, 11) is 0. The maximum absolute atomic E-state index is 5.80. The smallest absolute Gasteiger partial charge is 0.247 e. The molecule has 2 aromatic carbocycles. The topological polar surface area (TPSA) is 48.2 Å². The fraction of sp³-hybridized carbons (Fsp3) is 0.222. The average Bonchev–Trinajstić information content (AvgIpc) is 3.03. The molecule has 0 amide bonds. The number of aryl methyl sites for hydroxylation is 2. The summed E-state index contributed by atoms with van der Waals surface area (Å²) < 4.78 is 11.3. The van der Waals surface area contributed by atoms with Gasteiger partial charge in [-0.25, -0.2) is 0 Å². The zero-order valence-electron chi connectivity index (χ0n) is 12.7. The number of ether oxygens (including phenoxy) is 1. The van der Waals surface area contributed by atoms with Crippen LogP contribution in [-0.2, 0) is 13.0 Å². The van der Waals surface area contributed by atoms with Crippen LogP contribution in [0, 0.1) is 6.92 Å². The van der Waals surface area contributed by atoms with E-state index in [4.69, 9.17) is 9.15 Å². The maximum atomic E-state index is 5.80. The normalized spacial score (nSPS) is 10.6. The average molecular weight is 294 g/mol. The zero-order chi connectivity index (χ0) is 15.4. The second-order valence-electron chi connectivity index (χ2n) is 5.16.